The van der Waals surface area contributed by atoms with Crippen molar-refractivity contribution in [1.29, 1.82) is 0 Å². The lowest BCUT2D eigenvalue weighted by Crippen LogP contribution is -2.15. The van der Waals surface area contributed by atoms with E-state index < -0.39 is 13.0 Å². The predicted octanol–water partition coefficient (Wildman–Crippen LogP) is 3.30. The van der Waals surface area contributed by atoms with E-state index in [1.54, 1.807) is 18.2 Å². The van der Waals surface area contributed by atoms with Crippen LogP contribution in [-0.4, -0.2) is 25.3 Å². The number of alkyl halides is 3. The van der Waals surface area contributed by atoms with Crippen molar-refractivity contribution in [1.82, 2.24) is 0 Å². The molecule has 0 atom stereocenters. The van der Waals surface area contributed by atoms with Crippen molar-refractivity contribution in [3.8, 4) is 5.75 Å². The predicted molar refractivity (Wildman–Crippen MR) is 64.8 cm³/mol. The monoisotopic (exact) mass is 281 g/mol. The maximum absolute atomic E-state index is 11.7. The van der Waals surface area contributed by atoms with E-state index in [1.165, 1.54) is 11.8 Å². The molecule has 0 aliphatic carbocycles. The van der Waals surface area contributed by atoms with Gasteiger partial charge in [0.15, 0.2) is 0 Å². The zero-order valence-electron chi connectivity index (χ0n) is 9.79. The van der Waals surface area contributed by atoms with Crippen LogP contribution in [0.5, 0.6) is 5.75 Å². The van der Waals surface area contributed by atoms with Crippen molar-refractivity contribution in [3.63, 3.8) is 0 Å². The average molecular weight is 281 g/mol. The molecule has 0 radical (unpaired) electrons. The first-order valence-corrected chi connectivity index (χ1v) is 6.26. The molecule has 0 unspecified atom stereocenters. The molecule has 0 saturated carbocycles. The SMILES string of the molecule is CCOc1ccc(N)c(SCCOC(F)(F)F)c1. The Kier molecular flexibility index (Phi) is 5.61. The normalized spacial score (nSPS) is 11.6. The van der Waals surface area contributed by atoms with E-state index in [2.05, 4.69) is 4.74 Å². The van der Waals surface area contributed by atoms with Crippen LogP contribution in [0.15, 0.2) is 23.1 Å². The maximum Gasteiger partial charge on any atom is 0.522 e. The fourth-order valence-electron chi connectivity index (χ4n) is 1.21. The van der Waals surface area contributed by atoms with E-state index in [0.29, 0.717) is 22.9 Å². The second-order valence-electron chi connectivity index (χ2n) is 3.28. The Bertz CT molecular complexity index is 385. The van der Waals surface area contributed by atoms with E-state index in [0.717, 1.165) is 0 Å². The number of hydrogen-bond acceptors (Lipinski definition) is 4. The minimum absolute atomic E-state index is 0.166. The third kappa shape index (κ3) is 5.50. The highest BCUT2D eigenvalue weighted by molar-refractivity contribution is 7.99. The molecule has 0 aliphatic rings. The summed E-state index contributed by atoms with van der Waals surface area (Å²) >= 11 is 1.20. The van der Waals surface area contributed by atoms with Crippen molar-refractivity contribution in [2.24, 2.45) is 0 Å². The summed E-state index contributed by atoms with van der Waals surface area (Å²) in [7, 11) is 0. The van der Waals surface area contributed by atoms with E-state index in [-0.39, 0.29) is 5.75 Å². The molecule has 0 fully saturated rings. The Morgan fingerprint density at radius 1 is 1.33 bits per heavy atom. The largest absolute Gasteiger partial charge is 0.522 e. The summed E-state index contributed by atoms with van der Waals surface area (Å²) in [6.45, 7) is 1.96. The number of nitrogens with two attached hydrogens (primary N) is 1. The third-order valence-corrected chi connectivity index (χ3v) is 2.94. The van der Waals surface area contributed by atoms with Gasteiger partial charge in [-0.3, -0.25) is 4.74 Å². The van der Waals surface area contributed by atoms with Crippen LogP contribution in [0, 0.1) is 0 Å². The molecule has 0 aliphatic heterocycles. The first-order chi connectivity index (χ1) is 8.42. The van der Waals surface area contributed by atoms with E-state index in [1.807, 2.05) is 6.92 Å². The topological polar surface area (TPSA) is 44.5 Å². The van der Waals surface area contributed by atoms with Crippen LogP contribution in [0.3, 0.4) is 0 Å². The molecule has 0 aromatic heterocycles. The Balaban J connectivity index is 2.48. The van der Waals surface area contributed by atoms with Crippen molar-refractivity contribution >= 4 is 17.4 Å². The molecule has 0 spiro atoms. The van der Waals surface area contributed by atoms with Gasteiger partial charge in [-0.25, -0.2) is 0 Å². The minimum Gasteiger partial charge on any atom is -0.494 e. The molecule has 2 N–H and O–H groups in total. The van der Waals surface area contributed by atoms with Gasteiger partial charge in [-0.2, -0.15) is 0 Å². The first kappa shape index (κ1) is 15.0. The van der Waals surface area contributed by atoms with Crippen LogP contribution in [0.25, 0.3) is 0 Å². The smallest absolute Gasteiger partial charge is 0.494 e. The number of hydrogen-bond donors (Lipinski definition) is 1. The van der Waals surface area contributed by atoms with E-state index in [4.69, 9.17) is 10.5 Å². The summed E-state index contributed by atoms with van der Waals surface area (Å²) in [6, 6.07) is 5.09. The van der Waals surface area contributed by atoms with Crippen LogP contribution >= 0.6 is 11.8 Å². The summed E-state index contributed by atoms with van der Waals surface area (Å²) < 4.78 is 44.2. The quantitative estimate of drug-likeness (QED) is 0.493. The fraction of sp³-hybridized carbons (Fsp3) is 0.455. The Morgan fingerprint density at radius 3 is 2.67 bits per heavy atom. The molecule has 0 amide bonds. The second-order valence-corrected chi connectivity index (χ2v) is 4.41. The van der Waals surface area contributed by atoms with Crippen LogP contribution in [-0.2, 0) is 4.74 Å². The number of nitrogen functional groups attached to an aromatic ring is 1. The molecule has 1 aromatic carbocycles. The van der Waals surface area contributed by atoms with Crippen LogP contribution in [0.1, 0.15) is 6.92 Å². The first-order valence-electron chi connectivity index (χ1n) is 5.28. The highest BCUT2D eigenvalue weighted by atomic mass is 32.2. The number of ether oxygens (including phenoxy) is 2. The lowest BCUT2D eigenvalue weighted by molar-refractivity contribution is -0.322. The average Bonchev–Trinajstić information content (AvgIpc) is 2.27. The molecule has 7 heteroatoms. The molecule has 102 valence electrons. The molecule has 0 saturated heterocycles. The van der Waals surface area contributed by atoms with Crippen molar-refractivity contribution in [3.05, 3.63) is 18.2 Å². The molecule has 3 nitrogen and oxygen atoms in total. The van der Waals surface area contributed by atoms with Gasteiger partial charge >= 0.3 is 6.36 Å². The second kappa shape index (κ2) is 6.75. The molecule has 0 bridgehead atoms. The Morgan fingerprint density at radius 2 is 2.06 bits per heavy atom. The van der Waals surface area contributed by atoms with Crippen molar-refractivity contribution in [2.75, 3.05) is 24.7 Å². The molecule has 1 aromatic rings. The minimum atomic E-state index is -4.58. The number of benzene rings is 1. The summed E-state index contributed by atoms with van der Waals surface area (Å²) in [6.07, 6.45) is -4.58. The molecule has 18 heavy (non-hydrogen) atoms. The van der Waals surface area contributed by atoms with Crippen LogP contribution < -0.4 is 10.5 Å². The van der Waals surface area contributed by atoms with Gasteiger partial charge in [-0.05, 0) is 25.1 Å². The molecular weight excluding hydrogens is 267 g/mol. The summed E-state index contributed by atoms with van der Waals surface area (Å²) in [5.41, 5.74) is 6.22. The van der Waals surface area contributed by atoms with Crippen LogP contribution in [0.4, 0.5) is 18.9 Å². The van der Waals surface area contributed by atoms with Crippen LogP contribution in [0.2, 0.25) is 0 Å². The van der Waals surface area contributed by atoms with Gasteiger partial charge in [-0.1, -0.05) is 0 Å². The van der Waals surface area contributed by atoms with Gasteiger partial charge in [0, 0.05) is 16.3 Å². The number of rotatable bonds is 6. The zero-order valence-corrected chi connectivity index (χ0v) is 10.6. The van der Waals surface area contributed by atoms with Gasteiger partial charge in [-0.15, -0.1) is 24.9 Å². The molecule has 0 heterocycles. The lowest BCUT2D eigenvalue weighted by atomic mass is 10.3. The van der Waals surface area contributed by atoms with Gasteiger partial charge in [0.1, 0.15) is 5.75 Å². The summed E-state index contributed by atoms with van der Waals surface area (Å²) in [5.74, 6) is 0.810. The maximum atomic E-state index is 11.7. The summed E-state index contributed by atoms with van der Waals surface area (Å²) in [5, 5.41) is 0. The molecule has 1 rings (SSSR count). The zero-order chi connectivity index (χ0) is 13.6. The summed E-state index contributed by atoms with van der Waals surface area (Å²) in [4.78, 5) is 0.687. The van der Waals surface area contributed by atoms with Gasteiger partial charge in [0.25, 0.3) is 0 Å². The molecular formula is C11H14F3NO2S. The van der Waals surface area contributed by atoms with E-state index in [9.17, 15) is 13.2 Å². The Labute approximate surface area is 107 Å². The highest BCUT2D eigenvalue weighted by Crippen LogP contribution is 2.29. The van der Waals surface area contributed by atoms with Gasteiger partial charge in [0.2, 0.25) is 0 Å². The van der Waals surface area contributed by atoms with Crippen molar-refractivity contribution in [2.45, 2.75) is 18.2 Å². The third-order valence-electron chi connectivity index (χ3n) is 1.90. The number of halogens is 3. The fourth-order valence-corrected chi connectivity index (χ4v) is 2.03. The van der Waals surface area contributed by atoms with E-state index >= 15 is 0 Å². The highest BCUT2D eigenvalue weighted by Gasteiger charge is 2.28. The number of anilines is 1. The standard InChI is InChI=1S/C11H14F3NO2S/c1-2-16-8-3-4-9(15)10(7-8)18-6-5-17-11(12,13)14/h3-4,7H,2,5-6,15H2,1H3. The Hall–Kier alpha value is -1.08. The van der Waals surface area contributed by atoms with Gasteiger partial charge < -0.3 is 10.5 Å². The lowest BCUT2D eigenvalue weighted by Gasteiger charge is -2.10. The van der Waals surface area contributed by atoms with Crippen molar-refractivity contribution < 1.29 is 22.6 Å². The van der Waals surface area contributed by atoms with Gasteiger partial charge in [0.05, 0.1) is 13.2 Å². The number of thioether (sulfide) groups is 1.